The van der Waals surface area contributed by atoms with Crippen LogP contribution in [0.5, 0.6) is 5.75 Å². The van der Waals surface area contributed by atoms with E-state index in [0.29, 0.717) is 18.6 Å². The summed E-state index contributed by atoms with van der Waals surface area (Å²) in [5.74, 6) is -0.251. The number of allylic oxidation sites excluding steroid dienone is 2. The van der Waals surface area contributed by atoms with Gasteiger partial charge in [-0.05, 0) is 36.1 Å². The topological polar surface area (TPSA) is 66.8 Å². The minimum absolute atomic E-state index is 0.0211. The first-order valence-electron chi connectivity index (χ1n) is 9.60. The molecule has 0 saturated carbocycles. The molecular formula is C23H23NO4. The molecule has 5 heteroatoms. The van der Waals surface area contributed by atoms with E-state index in [2.05, 4.69) is 0 Å². The van der Waals surface area contributed by atoms with E-state index in [1.165, 1.54) is 4.90 Å². The number of hydrogen-bond donors (Lipinski definition) is 1. The lowest BCUT2D eigenvalue weighted by molar-refractivity contribution is -0.141. The molecule has 1 aliphatic heterocycles. The van der Waals surface area contributed by atoms with Crippen LogP contribution in [-0.4, -0.2) is 41.1 Å². The molecule has 0 radical (unpaired) electrons. The Morgan fingerprint density at radius 1 is 0.893 bits per heavy atom. The van der Waals surface area contributed by atoms with Gasteiger partial charge in [0.1, 0.15) is 18.5 Å². The number of rotatable bonds is 6. The van der Waals surface area contributed by atoms with Crippen molar-refractivity contribution in [3.8, 4) is 16.9 Å². The molecule has 1 N–H and O–H groups in total. The Morgan fingerprint density at radius 3 is 2.07 bits per heavy atom. The van der Waals surface area contributed by atoms with Crippen LogP contribution in [0, 0.1) is 11.8 Å². The predicted octanol–water partition coefficient (Wildman–Crippen LogP) is 3.04. The van der Waals surface area contributed by atoms with E-state index in [-0.39, 0.29) is 36.8 Å². The van der Waals surface area contributed by atoms with Gasteiger partial charge in [0.25, 0.3) is 0 Å². The number of carbonyl (C=O) groups excluding carboxylic acids is 2. The summed E-state index contributed by atoms with van der Waals surface area (Å²) < 4.78 is 5.65. The summed E-state index contributed by atoms with van der Waals surface area (Å²) in [5, 5.41) is 10.3. The van der Waals surface area contributed by atoms with Gasteiger partial charge in [-0.1, -0.05) is 54.6 Å². The summed E-state index contributed by atoms with van der Waals surface area (Å²) in [7, 11) is 0. The smallest absolute Gasteiger partial charge is 0.233 e. The van der Waals surface area contributed by atoms with E-state index >= 15 is 0 Å². The number of likely N-dealkylation sites (tertiary alicyclic amines) is 1. The lowest BCUT2D eigenvalue weighted by atomic mass is 9.85. The van der Waals surface area contributed by atoms with Gasteiger partial charge in [0, 0.05) is 0 Å². The monoisotopic (exact) mass is 377 g/mol. The van der Waals surface area contributed by atoms with Gasteiger partial charge in [0.15, 0.2) is 0 Å². The second-order valence-corrected chi connectivity index (χ2v) is 7.30. The van der Waals surface area contributed by atoms with E-state index in [1.807, 2.05) is 66.7 Å². The molecular weight excluding hydrogens is 354 g/mol. The highest BCUT2D eigenvalue weighted by Gasteiger charge is 2.47. The number of nitrogens with zero attached hydrogens (tertiary/aromatic N) is 1. The molecule has 2 aromatic rings. The maximum atomic E-state index is 12.5. The lowest BCUT2D eigenvalue weighted by Gasteiger charge is -2.19. The summed E-state index contributed by atoms with van der Waals surface area (Å²) in [6.45, 7) is 0.00208. The quantitative estimate of drug-likeness (QED) is 0.621. The van der Waals surface area contributed by atoms with Crippen molar-refractivity contribution in [1.82, 2.24) is 4.90 Å². The molecule has 28 heavy (non-hydrogen) atoms. The molecule has 5 nitrogen and oxygen atoms in total. The standard InChI is InChI=1S/C23H23NO4/c25-18(14-24-22(26)20-8-4-5-9-21(20)23(24)27)15-28-19-12-10-17(11-13-19)16-6-2-1-3-7-16/h1-7,10-13,18,20-21,25H,8-9,14-15H2. The Morgan fingerprint density at radius 2 is 1.46 bits per heavy atom. The molecule has 2 aromatic carbocycles. The number of β-amino-alcohol motifs (C(OH)–C–C–N with tert-alkyl or cyclic N) is 1. The van der Waals surface area contributed by atoms with E-state index in [0.717, 1.165) is 11.1 Å². The highest BCUT2D eigenvalue weighted by Crippen LogP contribution is 2.35. The van der Waals surface area contributed by atoms with Crippen LogP contribution in [0.2, 0.25) is 0 Å². The first-order valence-corrected chi connectivity index (χ1v) is 9.60. The second-order valence-electron chi connectivity index (χ2n) is 7.30. The predicted molar refractivity (Wildman–Crippen MR) is 105 cm³/mol. The largest absolute Gasteiger partial charge is 0.491 e. The highest BCUT2D eigenvalue weighted by atomic mass is 16.5. The fraction of sp³-hybridized carbons (Fsp3) is 0.304. The van der Waals surface area contributed by atoms with Crippen LogP contribution in [0.25, 0.3) is 11.1 Å². The molecule has 2 amide bonds. The number of amides is 2. The van der Waals surface area contributed by atoms with Crippen LogP contribution < -0.4 is 4.74 Å². The van der Waals surface area contributed by atoms with Crippen LogP contribution in [0.3, 0.4) is 0 Å². The van der Waals surface area contributed by atoms with Gasteiger partial charge in [-0.25, -0.2) is 0 Å². The van der Waals surface area contributed by atoms with Crippen LogP contribution in [-0.2, 0) is 9.59 Å². The number of benzene rings is 2. The molecule has 1 aliphatic carbocycles. The third-order valence-electron chi connectivity index (χ3n) is 5.40. The number of fused-ring (bicyclic) bond motifs is 1. The third-order valence-corrected chi connectivity index (χ3v) is 5.40. The van der Waals surface area contributed by atoms with Crippen LogP contribution >= 0.6 is 0 Å². The molecule has 0 bridgehead atoms. The van der Waals surface area contributed by atoms with Crippen molar-refractivity contribution in [2.75, 3.05) is 13.2 Å². The molecule has 0 spiro atoms. The Hall–Kier alpha value is -2.92. The van der Waals surface area contributed by atoms with Crippen LogP contribution in [0.1, 0.15) is 12.8 Å². The zero-order valence-corrected chi connectivity index (χ0v) is 15.5. The van der Waals surface area contributed by atoms with Crippen molar-refractivity contribution in [3.05, 3.63) is 66.7 Å². The number of aliphatic hydroxyl groups excluding tert-OH is 1. The van der Waals surface area contributed by atoms with Crippen molar-refractivity contribution >= 4 is 11.8 Å². The molecule has 3 unspecified atom stereocenters. The van der Waals surface area contributed by atoms with Crippen molar-refractivity contribution in [2.45, 2.75) is 18.9 Å². The van der Waals surface area contributed by atoms with E-state index in [4.69, 9.17) is 4.74 Å². The van der Waals surface area contributed by atoms with Crippen molar-refractivity contribution in [2.24, 2.45) is 11.8 Å². The average molecular weight is 377 g/mol. The third kappa shape index (κ3) is 3.71. The fourth-order valence-electron chi connectivity index (χ4n) is 3.88. The zero-order chi connectivity index (χ0) is 19.5. The summed E-state index contributed by atoms with van der Waals surface area (Å²) in [4.78, 5) is 26.1. The first-order chi connectivity index (χ1) is 13.6. The van der Waals surface area contributed by atoms with Gasteiger partial charge in [-0.3, -0.25) is 14.5 Å². The van der Waals surface area contributed by atoms with Crippen molar-refractivity contribution in [3.63, 3.8) is 0 Å². The minimum atomic E-state index is -0.921. The summed E-state index contributed by atoms with van der Waals surface area (Å²) in [6.07, 6.45) is 4.19. The average Bonchev–Trinajstić information content (AvgIpc) is 2.98. The van der Waals surface area contributed by atoms with Gasteiger partial charge in [-0.2, -0.15) is 0 Å². The molecule has 1 saturated heterocycles. The molecule has 1 fully saturated rings. The summed E-state index contributed by atoms with van der Waals surface area (Å²) >= 11 is 0. The first kappa shape index (κ1) is 18.4. The zero-order valence-electron chi connectivity index (χ0n) is 15.5. The number of ether oxygens (including phenoxy) is 1. The van der Waals surface area contributed by atoms with E-state index in [1.54, 1.807) is 0 Å². The van der Waals surface area contributed by atoms with Gasteiger partial charge in [-0.15, -0.1) is 0 Å². The van der Waals surface area contributed by atoms with Gasteiger partial charge >= 0.3 is 0 Å². The molecule has 144 valence electrons. The number of aliphatic hydroxyl groups is 1. The maximum Gasteiger partial charge on any atom is 0.233 e. The van der Waals surface area contributed by atoms with Crippen LogP contribution in [0.4, 0.5) is 0 Å². The van der Waals surface area contributed by atoms with Crippen LogP contribution in [0.15, 0.2) is 66.7 Å². The van der Waals surface area contributed by atoms with Crippen molar-refractivity contribution in [1.29, 1.82) is 0 Å². The summed E-state index contributed by atoms with van der Waals surface area (Å²) in [6, 6.07) is 17.6. The molecule has 3 atom stereocenters. The Balaban J connectivity index is 1.32. The SMILES string of the molecule is O=C1C2CC=CCC2C(=O)N1CC(O)COc1ccc(-c2ccccc2)cc1. The fourth-order valence-corrected chi connectivity index (χ4v) is 3.88. The Bertz CT molecular complexity index is 849. The lowest BCUT2D eigenvalue weighted by Crippen LogP contribution is -2.40. The van der Waals surface area contributed by atoms with Gasteiger partial charge < -0.3 is 9.84 Å². The molecule has 2 aliphatic rings. The molecule has 0 aromatic heterocycles. The maximum absolute atomic E-state index is 12.5. The molecule has 1 heterocycles. The van der Waals surface area contributed by atoms with Crippen molar-refractivity contribution < 1.29 is 19.4 Å². The van der Waals surface area contributed by atoms with Gasteiger partial charge in [0.2, 0.25) is 11.8 Å². The highest BCUT2D eigenvalue weighted by molar-refractivity contribution is 6.05. The molecule has 4 rings (SSSR count). The normalized spacial score (nSPS) is 22.2. The Kier molecular flexibility index (Phi) is 5.26. The number of carbonyl (C=O) groups is 2. The minimum Gasteiger partial charge on any atom is -0.491 e. The number of hydrogen-bond acceptors (Lipinski definition) is 4. The van der Waals surface area contributed by atoms with Gasteiger partial charge in [0.05, 0.1) is 18.4 Å². The van der Waals surface area contributed by atoms with E-state index < -0.39 is 6.10 Å². The van der Waals surface area contributed by atoms with E-state index in [9.17, 15) is 14.7 Å². The summed E-state index contributed by atoms with van der Waals surface area (Å²) in [5.41, 5.74) is 2.20. The number of imide groups is 1. The Labute approximate surface area is 164 Å². The second kappa shape index (κ2) is 7.98.